The van der Waals surface area contributed by atoms with Crippen molar-refractivity contribution in [2.24, 2.45) is 0 Å². The molecule has 1 unspecified atom stereocenters. The summed E-state index contributed by atoms with van der Waals surface area (Å²) in [4.78, 5) is 10.3. The summed E-state index contributed by atoms with van der Waals surface area (Å²) in [6, 6.07) is 10.4. The van der Waals surface area contributed by atoms with E-state index in [1.165, 1.54) is 12.8 Å². The number of hydrogen-bond acceptors (Lipinski definition) is 3. The van der Waals surface area contributed by atoms with Gasteiger partial charge in [0.05, 0.1) is 6.04 Å². The summed E-state index contributed by atoms with van der Waals surface area (Å²) in [5.74, 6) is 2.04. The Hall–Kier alpha value is -1.81. The quantitative estimate of drug-likeness (QED) is 0.909. The molecule has 106 valence electrons. The summed E-state index contributed by atoms with van der Waals surface area (Å²) in [5, 5.41) is 0. The zero-order valence-corrected chi connectivity index (χ0v) is 11.9. The van der Waals surface area contributed by atoms with Crippen molar-refractivity contribution in [1.29, 1.82) is 0 Å². The summed E-state index contributed by atoms with van der Waals surface area (Å²) in [7, 11) is 0. The maximum Gasteiger partial charge on any atom is 0.123 e. The highest BCUT2D eigenvalue weighted by molar-refractivity contribution is 5.20. The number of aromatic nitrogens is 2. The monoisotopic (exact) mass is 271 g/mol. The lowest BCUT2D eigenvalue weighted by atomic mass is 10.2. The van der Waals surface area contributed by atoms with Crippen molar-refractivity contribution in [3.05, 3.63) is 48.0 Å². The first kappa shape index (κ1) is 13.2. The van der Waals surface area contributed by atoms with Crippen LogP contribution in [0.4, 0.5) is 0 Å². The molecule has 0 saturated carbocycles. The molecule has 0 bridgehead atoms. The van der Waals surface area contributed by atoms with Crippen LogP contribution in [0.2, 0.25) is 0 Å². The van der Waals surface area contributed by atoms with Crippen molar-refractivity contribution in [1.82, 2.24) is 14.9 Å². The van der Waals surface area contributed by atoms with E-state index in [4.69, 9.17) is 4.74 Å². The Labute approximate surface area is 119 Å². The van der Waals surface area contributed by atoms with Gasteiger partial charge in [0.15, 0.2) is 0 Å². The van der Waals surface area contributed by atoms with Gasteiger partial charge in [-0.2, -0.15) is 0 Å². The third-order valence-corrected chi connectivity index (χ3v) is 3.79. The van der Waals surface area contributed by atoms with E-state index in [2.05, 4.69) is 14.9 Å². The standard InChI is InChI=1S/C16H21N3O/c1-13-12-17-16(18-13)15-8-5-9-19(15)10-11-20-14-6-3-2-4-7-14/h2-4,6-7,12,15H,5,8-11H2,1H3,(H,17,18). The van der Waals surface area contributed by atoms with Gasteiger partial charge in [0.25, 0.3) is 0 Å². The van der Waals surface area contributed by atoms with Crippen LogP contribution in [0.5, 0.6) is 5.75 Å². The van der Waals surface area contributed by atoms with E-state index in [1.54, 1.807) is 0 Å². The predicted molar refractivity (Wildman–Crippen MR) is 78.8 cm³/mol. The summed E-state index contributed by atoms with van der Waals surface area (Å²) in [6.07, 6.45) is 4.32. The molecule has 4 nitrogen and oxygen atoms in total. The van der Waals surface area contributed by atoms with Crippen molar-refractivity contribution in [2.75, 3.05) is 19.7 Å². The fourth-order valence-electron chi connectivity index (χ4n) is 2.80. The molecule has 1 aromatic heterocycles. The molecule has 3 rings (SSSR count). The largest absolute Gasteiger partial charge is 0.492 e. The van der Waals surface area contributed by atoms with Gasteiger partial charge < -0.3 is 9.72 Å². The molecule has 1 fully saturated rings. The number of H-pyrrole nitrogens is 1. The van der Waals surface area contributed by atoms with Crippen LogP contribution in [0.3, 0.4) is 0 Å². The first-order chi connectivity index (χ1) is 9.83. The second-order valence-electron chi connectivity index (χ2n) is 5.31. The molecule has 2 heterocycles. The molecule has 0 aliphatic carbocycles. The van der Waals surface area contributed by atoms with Gasteiger partial charge in [-0.1, -0.05) is 18.2 Å². The first-order valence-corrected chi connectivity index (χ1v) is 7.26. The van der Waals surface area contributed by atoms with Crippen LogP contribution in [0.1, 0.15) is 30.4 Å². The van der Waals surface area contributed by atoms with E-state index >= 15 is 0 Å². The lowest BCUT2D eigenvalue weighted by Gasteiger charge is -2.22. The number of aromatic amines is 1. The Kier molecular flexibility index (Phi) is 4.02. The maximum absolute atomic E-state index is 5.79. The van der Waals surface area contributed by atoms with Crippen LogP contribution in [0, 0.1) is 6.92 Å². The maximum atomic E-state index is 5.79. The van der Waals surface area contributed by atoms with Crippen LogP contribution in [0.25, 0.3) is 0 Å². The van der Waals surface area contributed by atoms with Crippen LogP contribution in [-0.2, 0) is 0 Å². The van der Waals surface area contributed by atoms with Crippen LogP contribution >= 0.6 is 0 Å². The van der Waals surface area contributed by atoms with Crippen LogP contribution < -0.4 is 4.74 Å². The number of hydrogen-bond donors (Lipinski definition) is 1. The van der Waals surface area contributed by atoms with Gasteiger partial charge >= 0.3 is 0 Å². The molecule has 20 heavy (non-hydrogen) atoms. The highest BCUT2D eigenvalue weighted by atomic mass is 16.5. The van der Waals surface area contributed by atoms with Crippen molar-refractivity contribution < 1.29 is 4.74 Å². The molecule has 1 saturated heterocycles. The minimum Gasteiger partial charge on any atom is -0.492 e. The molecular formula is C16H21N3O. The minimum atomic E-state index is 0.420. The van der Waals surface area contributed by atoms with E-state index < -0.39 is 0 Å². The Morgan fingerprint density at radius 1 is 1.35 bits per heavy atom. The Bertz CT molecular complexity index is 538. The fourth-order valence-corrected chi connectivity index (χ4v) is 2.80. The fraction of sp³-hybridized carbons (Fsp3) is 0.438. The highest BCUT2D eigenvalue weighted by Gasteiger charge is 2.27. The highest BCUT2D eigenvalue weighted by Crippen LogP contribution is 2.29. The van der Waals surface area contributed by atoms with Gasteiger partial charge in [-0.15, -0.1) is 0 Å². The molecule has 0 radical (unpaired) electrons. The average Bonchev–Trinajstić information content (AvgIpc) is 3.09. The molecule has 4 heteroatoms. The van der Waals surface area contributed by atoms with E-state index in [9.17, 15) is 0 Å². The lowest BCUT2D eigenvalue weighted by molar-refractivity contribution is 0.193. The molecule has 0 spiro atoms. The third-order valence-electron chi connectivity index (χ3n) is 3.79. The molecule has 1 N–H and O–H groups in total. The van der Waals surface area contributed by atoms with Gasteiger partial charge in [0.2, 0.25) is 0 Å². The Morgan fingerprint density at radius 2 is 2.20 bits per heavy atom. The van der Waals surface area contributed by atoms with Crippen LogP contribution in [-0.4, -0.2) is 34.6 Å². The number of ether oxygens (including phenoxy) is 1. The molecule has 1 aliphatic heterocycles. The second kappa shape index (κ2) is 6.09. The molecular weight excluding hydrogens is 250 g/mol. The number of likely N-dealkylation sites (tertiary alicyclic amines) is 1. The normalized spacial score (nSPS) is 19.4. The number of imidazole rings is 1. The van der Waals surface area contributed by atoms with Gasteiger partial charge in [0, 0.05) is 18.4 Å². The average molecular weight is 271 g/mol. The molecule has 1 atom stereocenters. The predicted octanol–water partition coefficient (Wildman–Crippen LogP) is 2.93. The summed E-state index contributed by atoms with van der Waals surface area (Å²) in [5.41, 5.74) is 1.13. The molecule has 0 amide bonds. The zero-order valence-electron chi connectivity index (χ0n) is 11.9. The SMILES string of the molecule is Cc1cnc(C2CCCN2CCOc2ccccc2)[nH]1. The smallest absolute Gasteiger partial charge is 0.123 e. The van der Waals surface area contributed by atoms with E-state index in [0.717, 1.165) is 37.0 Å². The number of benzene rings is 1. The van der Waals surface area contributed by atoms with Crippen molar-refractivity contribution >= 4 is 0 Å². The molecule has 2 aromatic rings. The van der Waals surface area contributed by atoms with E-state index in [1.807, 2.05) is 43.5 Å². The van der Waals surface area contributed by atoms with Crippen molar-refractivity contribution in [2.45, 2.75) is 25.8 Å². The summed E-state index contributed by atoms with van der Waals surface area (Å²) < 4.78 is 5.79. The van der Waals surface area contributed by atoms with E-state index in [-0.39, 0.29) is 0 Å². The summed E-state index contributed by atoms with van der Waals surface area (Å²) >= 11 is 0. The zero-order chi connectivity index (χ0) is 13.8. The number of rotatable bonds is 5. The number of para-hydroxylation sites is 1. The number of nitrogens with zero attached hydrogens (tertiary/aromatic N) is 2. The van der Waals surface area contributed by atoms with Gasteiger partial charge in [-0.05, 0) is 38.4 Å². The van der Waals surface area contributed by atoms with Crippen molar-refractivity contribution in [3.63, 3.8) is 0 Å². The molecule has 1 aliphatic rings. The summed E-state index contributed by atoms with van der Waals surface area (Å²) in [6.45, 7) is 4.84. The van der Waals surface area contributed by atoms with E-state index in [0.29, 0.717) is 6.04 Å². The Balaban J connectivity index is 1.54. The van der Waals surface area contributed by atoms with Crippen LogP contribution in [0.15, 0.2) is 36.5 Å². The van der Waals surface area contributed by atoms with Gasteiger partial charge in [-0.25, -0.2) is 4.98 Å². The minimum absolute atomic E-state index is 0.420. The lowest BCUT2D eigenvalue weighted by Crippen LogP contribution is -2.28. The van der Waals surface area contributed by atoms with Gasteiger partial charge in [-0.3, -0.25) is 4.90 Å². The third kappa shape index (κ3) is 3.02. The second-order valence-corrected chi connectivity index (χ2v) is 5.31. The number of nitrogens with one attached hydrogen (secondary N) is 1. The number of aryl methyl sites for hydroxylation is 1. The first-order valence-electron chi connectivity index (χ1n) is 7.26. The Morgan fingerprint density at radius 3 is 2.95 bits per heavy atom. The molecule has 1 aromatic carbocycles. The topological polar surface area (TPSA) is 41.2 Å². The van der Waals surface area contributed by atoms with Gasteiger partial charge in [0.1, 0.15) is 18.2 Å². The van der Waals surface area contributed by atoms with Crippen molar-refractivity contribution in [3.8, 4) is 5.75 Å².